The van der Waals surface area contributed by atoms with Crippen molar-refractivity contribution in [3.05, 3.63) is 28.8 Å². The summed E-state index contributed by atoms with van der Waals surface area (Å²) in [4.78, 5) is 12.9. The number of carbonyl (C=O) groups is 1. The number of halogens is 1. The Morgan fingerprint density at radius 2 is 2.04 bits per heavy atom. The zero-order chi connectivity index (χ0) is 19.6. The number of piperidine rings is 1. The molecule has 1 heterocycles. The molecule has 1 aliphatic carbocycles. The van der Waals surface area contributed by atoms with E-state index in [-0.39, 0.29) is 35.4 Å². The Kier molecular flexibility index (Phi) is 6.46. The van der Waals surface area contributed by atoms with Crippen LogP contribution in [0.15, 0.2) is 23.1 Å². The summed E-state index contributed by atoms with van der Waals surface area (Å²) >= 11 is 6.09. The minimum Gasteiger partial charge on any atom is -0.393 e. The standard InChI is InChI=1S/C19H27ClN2O4S/c1-13-17(20)8-3-9-18(13)27(25,26)22-10-4-5-14(12-22)19(24)21-15-6-2-7-16(23)11-15/h3,8-9,14-16,23H,2,4-7,10-12H2,1H3,(H,21,24). The fraction of sp³-hybridized carbons (Fsp3) is 0.632. The number of nitrogens with one attached hydrogen (secondary N) is 1. The van der Waals surface area contributed by atoms with E-state index in [1.165, 1.54) is 4.31 Å². The Balaban J connectivity index is 1.70. The van der Waals surface area contributed by atoms with Crippen molar-refractivity contribution in [3.8, 4) is 0 Å². The highest BCUT2D eigenvalue weighted by Gasteiger charge is 2.35. The van der Waals surface area contributed by atoms with Crippen LogP contribution in [0, 0.1) is 12.8 Å². The first-order valence-electron chi connectivity index (χ1n) is 9.52. The van der Waals surface area contributed by atoms with E-state index >= 15 is 0 Å². The Morgan fingerprint density at radius 1 is 1.26 bits per heavy atom. The highest BCUT2D eigenvalue weighted by Crippen LogP contribution is 2.29. The zero-order valence-electron chi connectivity index (χ0n) is 15.5. The average Bonchev–Trinajstić information content (AvgIpc) is 2.64. The molecule has 1 saturated heterocycles. The molecule has 1 saturated carbocycles. The second kappa shape index (κ2) is 8.47. The van der Waals surface area contributed by atoms with Gasteiger partial charge in [-0.25, -0.2) is 8.42 Å². The van der Waals surface area contributed by atoms with E-state index < -0.39 is 10.0 Å². The summed E-state index contributed by atoms with van der Waals surface area (Å²) < 4.78 is 27.5. The zero-order valence-corrected chi connectivity index (χ0v) is 17.1. The predicted octanol–water partition coefficient (Wildman–Crippen LogP) is 2.47. The summed E-state index contributed by atoms with van der Waals surface area (Å²) in [5.41, 5.74) is 0.530. The number of hydrogen-bond donors (Lipinski definition) is 2. The molecule has 6 nitrogen and oxygen atoms in total. The van der Waals surface area contributed by atoms with Gasteiger partial charge in [-0.1, -0.05) is 17.7 Å². The van der Waals surface area contributed by atoms with Crippen molar-refractivity contribution < 1.29 is 18.3 Å². The fourth-order valence-electron chi connectivity index (χ4n) is 4.00. The third-order valence-corrected chi connectivity index (χ3v) is 8.00. The Labute approximate surface area is 165 Å². The molecule has 0 spiro atoms. The molecule has 1 aliphatic heterocycles. The number of benzene rings is 1. The van der Waals surface area contributed by atoms with Gasteiger partial charge in [-0.2, -0.15) is 4.31 Å². The topological polar surface area (TPSA) is 86.7 Å². The van der Waals surface area contributed by atoms with Crippen LogP contribution in [-0.4, -0.2) is 49.0 Å². The molecule has 1 amide bonds. The van der Waals surface area contributed by atoms with Gasteiger partial charge in [0.1, 0.15) is 0 Å². The van der Waals surface area contributed by atoms with Gasteiger partial charge in [0, 0.05) is 24.2 Å². The summed E-state index contributed by atoms with van der Waals surface area (Å²) in [5.74, 6) is -0.482. The summed E-state index contributed by atoms with van der Waals surface area (Å²) in [6.07, 6.45) is 4.05. The normalized spacial score (nSPS) is 27.3. The largest absolute Gasteiger partial charge is 0.393 e. The maximum atomic E-state index is 13.1. The quantitative estimate of drug-likeness (QED) is 0.792. The van der Waals surface area contributed by atoms with E-state index in [2.05, 4.69) is 5.32 Å². The molecule has 3 rings (SSSR count). The molecule has 8 heteroatoms. The van der Waals surface area contributed by atoms with E-state index in [1.54, 1.807) is 25.1 Å². The van der Waals surface area contributed by atoms with Gasteiger partial charge in [-0.15, -0.1) is 0 Å². The number of aliphatic hydroxyl groups is 1. The minimum atomic E-state index is -3.69. The SMILES string of the molecule is Cc1c(Cl)cccc1S(=O)(=O)N1CCCC(C(=O)NC2CCCC(O)C2)C1. The van der Waals surface area contributed by atoms with E-state index in [9.17, 15) is 18.3 Å². The molecule has 27 heavy (non-hydrogen) atoms. The third kappa shape index (κ3) is 4.65. The number of aliphatic hydroxyl groups excluding tert-OH is 1. The van der Waals surface area contributed by atoms with Crippen molar-refractivity contribution in [2.75, 3.05) is 13.1 Å². The molecular formula is C19H27ClN2O4S. The highest BCUT2D eigenvalue weighted by molar-refractivity contribution is 7.89. The molecule has 2 fully saturated rings. The smallest absolute Gasteiger partial charge is 0.243 e. The van der Waals surface area contributed by atoms with Crippen molar-refractivity contribution in [1.29, 1.82) is 0 Å². The molecule has 2 aliphatic rings. The van der Waals surface area contributed by atoms with Crippen molar-refractivity contribution in [2.45, 2.75) is 62.5 Å². The third-order valence-electron chi connectivity index (χ3n) is 5.58. The molecule has 0 bridgehead atoms. The lowest BCUT2D eigenvalue weighted by Crippen LogP contribution is -2.48. The Bertz CT molecular complexity index is 799. The second-order valence-corrected chi connectivity index (χ2v) is 9.90. The molecule has 1 aromatic carbocycles. The van der Waals surface area contributed by atoms with Crippen LogP contribution in [0.1, 0.15) is 44.1 Å². The first-order valence-corrected chi connectivity index (χ1v) is 11.3. The minimum absolute atomic E-state index is 0.0246. The molecule has 150 valence electrons. The van der Waals surface area contributed by atoms with Crippen molar-refractivity contribution in [1.82, 2.24) is 9.62 Å². The van der Waals surface area contributed by atoms with Crippen molar-refractivity contribution in [3.63, 3.8) is 0 Å². The first kappa shape index (κ1) is 20.6. The predicted molar refractivity (Wildman–Crippen MR) is 104 cm³/mol. The first-order chi connectivity index (χ1) is 12.8. The second-order valence-electron chi connectivity index (χ2n) is 7.59. The molecule has 0 aromatic heterocycles. The van der Waals surface area contributed by atoms with Gasteiger partial charge >= 0.3 is 0 Å². The van der Waals surface area contributed by atoms with Gasteiger partial charge in [-0.3, -0.25) is 4.79 Å². The maximum Gasteiger partial charge on any atom is 0.243 e. The summed E-state index contributed by atoms with van der Waals surface area (Å²) in [5, 5.41) is 13.2. The number of carbonyl (C=O) groups excluding carboxylic acids is 1. The molecular weight excluding hydrogens is 388 g/mol. The molecule has 3 atom stereocenters. The Hall–Kier alpha value is -1.15. The van der Waals surface area contributed by atoms with Crippen molar-refractivity contribution >= 4 is 27.5 Å². The molecule has 1 aromatic rings. The fourth-order valence-corrected chi connectivity index (χ4v) is 6.00. The van der Waals surface area contributed by atoms with Gasteiger partial charge in [-0.05, 0) is 63.1 Å². The monoisotopic (exact) mass is 414 g/mol. The number of rotatable bonds is 4. The lowest BCUT2D eigenvalue weighted by molar-refractivity contribution is -0.127. The average molecular weight is 415 g/mol. The highest BCUT2D eigenvalue weighted by atomic mass is 35.5. The number of nitrogens with zero attached hydrogens (tertiary/aromatic N) is 1. The van der Waals surface area contributed by atoms with Gasteiger partial charge in [0.05, 0.1) is 16.9 Å². The van der Waals surface area contributed by atoms with Crippen LogP contribution in [-0.2, 0) is 14.8 Å². The van der Waals surface area contributed by atoms with Crippen LogP contribution in [0.4, 0.5) is 0 Å². The van der Waals surface area contributed by atoms with E-state index in [1.807, 2.05) is 0 Å². The van der Waals surface area contributed by atoms with Crippen molar-refractivity contribution in [2.24, 2.45) is 5.92 Å². The molecule has 2 N–H and O–H groups in total. The summed E-state index contributed by atoms with van der Waals surface area (Å²) in [6, 6.07) is 4.83. The van der Waals surface area contributed by atoms with E-state index in [4.69, 9.17) is 11.6 Å². The Morgan fingerprint density at radius 3 is 2.78 bits per heavy atom. The van der Waals surface area contributed by atoms with Crippen LogP contribution >= 0.6 is 11.6 Å². The van der Waals surface area contributed by atoms with Gasteiger partial charge in [0.2, 0.25) is 15.9 Å². The van der Waals surface area contributed by atoms with Gasteiger partial charge < -0.3 is 10.4 Å². The number of sulfonamides is 1. The van der Waals surface area contributed by atoms with E-state index in [0.717, 1.165) is 19.3 Å². The van der Waals surface area contributed by atoms with Gasteiger partial charge in [0.15, 0.2) is 0 Å². The molecule has 3 unspecified atom stereocenters. The van der Waals surface area contributed by atoms with Crippen LogP contribution in [0.25, 0.3) is 0 Å². The lowest BCUT2D eigenvalue weighted by Gasteiger charge is -2.33. The molecule has 0 radical (unpaired) electrons. The maximum absolute atomic E-state index is 13.1. The summed E-state index contributed by atoms with van der Waals surface area (Å²) in [6.45, 7) is 2.27. The van der Waals surface area contributed by atoms with Crippen LogP contribution in [0.5, 0.6) is 0 Å². The lowest BCUT2D eigenvalue weighted by atomic mass is 9.91. The van der Waals surface area contributed by atoms with Crippen LogP contribution in [0.2, 0.25) is 5.02 Å². The van der Waals surface area contributed by atoms with Crippen LogP contribution in [0.3, 0.4) is 0 Å². The van der Waals surface area contributed by atoms with Gasteiger partial charge in [0.25, 0.3) is 0 Å². The number of amides is 1. The number of hydrogen-bond acceptors (Lipinski definition) is 4. The van der Waals surface area contributed by atoms with Crippen LogP contribution < -0.4 is 5.32 Å². The summed E-state index contributed by atoms with van der Waals surface area (Å²) in [7, 11) is -3.69. The van der Waals surface area contributed by atoms with E-state index in [0.29, 0.717) is 36.4 Å².